The molecule has 21 heavy (non-hydrogen) atoms. The Kier molecular flexibility index (Phi) is 5.76. The van der Waals surface area contributed by atoms with E-state index in [4.69, 9.17) is 4.74 Å². The summed E-state index contributed by atoms with van der Waals surface area (Å²) < 4.78 is 6.89. The van der Waals surface area contributed by atoms with Gasteiger partial charge in [0.15, 0.2) is 0 Å². The molecule has 0 spiro atoms. The molecular formula is C17H21BrN2O. The molecular weight excluding hydrogens is 328 g/mol. The smallest absolute Gasteiger partial charge is 0.214 e. The van der Waals surface area contributed by atoms with Crippen molar-refractivity contribution in [3.05, 3.63) is 57.7 Å². The summed E-state index contributed by atoms with van der Waals surface area (Å²) in [6.07, 6.45) is 0. The van der Waals surface area contributed by atoms with Crippen molar-refractivity contribution in [2.24, 2.45) is 0 Å². The molecule has 0 saturated heterocycles. The Labute approximate surface area is 134 Å². The molecule has 3 nitrogen and oxygen atoms in total. The first-order chi connectivity index (χ1) is 10.0. The number of benzene rings is 1. The second kappa shape index (κ2) is 7.57. The number of ether oxygens (including phenoxy) is 1. The summed E-state index contributed by atoms with van der Waals surface area (Å²) in [5, 5.41) is 3.41. The minimum atomic E-state index is 0.461. The van der Waals surface area contributed by atoms with E-state index in [0.717, 1.165) is 22.3 Å². The molecule has 112 valence electrons. The van der Waals surface area contributed by atoms with Crippen molar-refractivity contribution in [3.63, 3.8) is 0 Å². The maximum Gasteiger partial charge on any atom is 0.214 e. The Morgan fingerprint density at radius 3 is 2.71 bits per heavy atom. The SMILES string of the molecule is Cc1cc(CNC(C)C)cc(OCc2ccccc2Br)n1. The van der Waals surface area contributed by atoms with Crippen molar-refractivity contribution in [1.29, 1.82) is 0 Å². The van der Waals surface area contributed by atoms with Crippen LogP contribution in [0.3, 0.4) is 0 Å². The molecule has 0 bridgehead atoms. The quantitative estimate of drug-likeness (QED) is 0.848. The second-order valence-electron chi connectivity index (χ2n) is 5.37. The van der Waals surface area contributed by atoms with E-state index in [2.05, 4.69) is 46.1 Å². The molecule has 0 amide bonds. The number of nitrogens with zero attached hydrogens (tertiary/aromatic N) is 1. The van der Waals surface area contributed by atoms with Crippen LogP contribution in [0, 0.1) is 6.92 Å². The fourth-order valence-electron chi connectivity index (χ4n) is 1.97. The van der Waals surface area contributed by atoms with Crippen molar-refractivity contribution < 1.29 is 4.74 Å². The summed E-state index contributed by atoms with van der Waals surface area (Å²) in [5.74, 6) is 0.673. The van der Waals surface area contributed by atoms with Crippen LogP contribution in [-0.4, -0.2) is 11.0 Å². The lowest BCUT2D eigenvalue weighted by molar-refractivity contribution is 0.292. The molecule has 2 rings (SSSR count). The molecule has 1 aromatic carbocycles. The molecule has 0 atom stereocenters. The van der Waals surface area contributed by atoms with Gasteiger partial charge in [-0.05, 0) is 24.6 Å². The van der Waals surface area contributed by atoms with E-state index >= 15 is 0 Å². The van der Waals surface area contributed by atoms with E-state index in [1.54, 1.807) is 0 Å². The molecule has 0 aliphatic carbocycles. The van der Waals surface area contributed by atoms with Gasteiger partial charge in [0.25, 0.3) is 0 Å². The minimum absolute atomic E-state index is 0.461. The number of aromatic nitrogens is 1. The van der Waals surface area contributed by atoms with Crippen molar-refractivity contribution in [1.82, 2.24) is 10.3 Å². The Morgan fingerprint density at radius 1 is 1.24 bits per heavy atom. The number of pyridine rings is 1. The van der Waals surface area contributed by atoms with Crippen LogP contribution in [-0.2, 0) is 13.2 Å². The first-order valence-electron chi connectivity index (χ1n) is 7.12. The minimum Gasteiger partial charge on any atom is -0.473 e. The summed E-state index contributed by atoms with van der Waals surface area (Å²) in [5.41, 5.74) is 3.28. The zero-order valence-corrected chi connectivity index (χ0v) is 14.3. The third kappa shape index (κ3) is 5.14. The van der Waals surface area contributed by atoms with E-state index in [0.29, 0.717) is 18.5 Å². The number of rotatable bonds is 6. The third-order valence-electron chi connectivity index (χ3n) is 3.04. The Hall–Kier alpha value is -1.39. The molecule has 1 N–H and O–H groups in total. The van der Waals surface area contributed by atoms with Crippen LogP contribution in [0.2, 0.25) is 0 Å². The number of hydrogen-bond acceptors (Lipinski definition) is 3. The second-order valence-corrected chi connectivity index (χ2v) is 6.23. The highest BCUT2D eigenvalue weighted by Crippen LogP contribution is 2.19. The standard InChI is InChI=1S/C17H21BrN2O/c1-12(2)19-10-14-8-13(3)20-17(9-14)21-11-15-6-4-5-7-16(15)18/h4-9,12,19H,10-11H2,1-3H3. The van der Waals surface area contributed by atoms with Gasteiger partial charge in [-0.1, -0.05) is 48.0 Å². The van der Waals surface area contributed by atoms with Crippen LogP contribution in [0.5, 0.6) is 5.88 Å². The van der Waals surface area contributed by atoms with E-state index in [1.165, 1.54) is 5.56 Å². The van der Waals surface area contributed by atoms with Gasteiger partial charge in [0.05, 0.1) is 0 Å². The third-order valence-corrected chi connectivity index (χ3v) is 3.81. The molecule has 0 fully saturated rings. The molecule has 1 aromatic heterocycles. The highest BCUT2D eigenvalue weighted by molar-refractivity contribution is 9.10. The van der Waals surface area contributed by atoms with Crippen molar-refractivity contribution >= 4 is 15.9 Å². The molecule has 1 heterocycles. The highest BCUT2D eigenvalue weighted by atomic mass is 79.9. The average Bonchev–Trinajstić information content (AvgIpc) is 2.44. The summed E-state index contributed by atoms with van der Waals surface area (Å²) in [6.45, 7) is 7.60. The van der Waals surface area contributed by atoms with Gasteiger partial charge in [0.2, 0.25) is 5.88 Å². The Balaban J connectivity index is 2.04. The summed E-state index contributed by atoms with van der Waals surface area (Å²) >= 11 is 3.53. The van der Waals surface area contributed by atoms with E-state index in [-0.39, 0.29) is 0 Å². The van der Waals surface area contributed by atoms with Gasteiger partial charge in [0.1, 0.15) is 6.61 Å². The predicted molar refractivity (Wildman–Crippen MR) is 89.4 cm³/mol. The van der Waals surface area contributed by atoms with Gasteiger partial charge in [-0.3, -0.25) is 0 Å². The Bertz CT molecular complexity index is 599. The molecule has 0 aliphatic rings. The van der Waals surface area contributed by atoms with E-state index < -0.39 is 0 Å². The van der Waals surface area contributed by atoms with Gasteiger partial charge in [0, 0.05) is 34.4 Å². The van der Waals surface area contributed by atoms with Crippen LogP contribution in [0.4, 0.5) is 0 Å². The number of hydrogen-bond donors (Lipinski definition) is 1. The summed E-state index contributed by atoms with van der Waals surface area (Å²) in [6, 6.07) is 12.6. The summed E-state index contributed by atoms with van der Waals surface area (Å²) in [4.78, 5) is 4.44. The zero-order valence-electron chi connectivity index (χ0n) is 12.7. The lowest BCUT2D eigenvalue weighted by atomic mass is 10.2. The predicted octanol–water partition coefficient (Wildman–Crippen LogP) is 4.23. The van der Waals surface area contributed by atoms with E-state index in [9.17, 15) is 0 Å². The van der Waals surface area contributed by atoms with Crippen molar-refractivity contribution in [2.75, 3.05) is 0 Å². The molecule has 0 unspecified atom stereocenters. The number of halogens is 1. The van der Waals surface area contributed by atoms with Crippen molar-refractivity contribution in [3.8, 4) is 5.88 Å². The monoisotopic (exact) mass is 348 g/mol. The topological polar surface area (TPSA) is 34.1 Å². The van der Waals surface area contributed by atoms with Gasteiger partial charge >= 0.3 is 0 Å². The first kappa shape index (κ1) is 16.0. The fraction of sp³-hybridized carbons (Fsp3) is 0.353. The normalized spacial score (nSPS) is 10.9. The average molecular weight is 349 g/mol. The largest absolute Gasteiger partial charge is 0.473 e. The van der Waals surface area contributed by atoms with Gasteiger partial charge in [-0.25, -0.2) is 4.98 Å². The number of aryl methyl sites for hydroxylation is 1. The van der Waals surface area contributed by atoms with Gasteiger partial charge < -0.3 is 10.1 Å². The van der Waals surface area contributed by atoms with Crippen LogP contribution in [0.1, 0.15) is 30.7 Å². The van der Waals surface area contributed by atoms with E-state index in [1.807, 2.05) is 37.3 Å². The summed E-state index contributed by atoms with van der Waals surface area (Å²) in [7, 11) is 0. The number of nitrogens with one attached hydrogen (secondary N) is 1. The lowest BCUT2D eigenvalue weighted by Gasteiger charge is -2.11. The fourth-order valence-corrected chi connectivity index (χ4v) is 2.37. The van der Waals surface area contributed by atoms with Crippen LogP contribution >= 0.6 is 15.9 Å². The van der Waals surface area contributed by atoms with Crippen LogP contribution < -0.4 is 10.1 Å². The Morgan fingerprint density at radius 2 is 2.00 bits per heavy atom. The molecule has 2 aromatic rings. The van der Waals surface area contributed by atoms with Crippen LogP contribution in [0.25, 0.3) is 0 Å². The lowest BCUT2D eigenvalue weighted by Crippen LogP contribution is -2.21. The molecule has 0 aliphatic heterocycles. The van der Waals surface area contributed by atoms with Gasteiger partial charge in [-0.15, -0.1) is 0 Å². The molecule has 0 radical (unpaired) electrons. The van der Waals surface area contributed by atoms with Gasteiger partial charge in [-0.2, -0.15) is 0 Å². The maximum absolute atomic E-state index is 5.83. The first-order valence-corrected chi connectivity index (χ1v) is 7.91. The molecule has 4 heteroatoms. The highest BCUT2D eigenvalue weighted by Gasteiger charge is 2.04. The van der Waals surface area contributed by atoms with Crippen LogP contribution in [0.15, 0.2) is 40.9 Å². The molecule has 0 saturated carbocycles. The zero-order chi connectivity index (χ0) is 15.2. The maximum atomic E-state index is 5.83. The van der Waals surface area contributed by atoms with Crippen molar-refractivity contribution in [2.45, 2.75) is 40.0 Å².